The smallest absolute Gasteiger partial charge is 0.166 e. The maximum Gasteiger partial charge on any atom is 0.166 e. The van der Waals surface area contributed by atoms with Crippen LogP contribution in [0.3, 0.4) is 0 Å². The molecule has 1 unspecified atom stereocenters. The molecule has 0 amide bonds. The summed E-state index contributed by atoms with van der Waals surface area (Å²) in [7, 11) is 0. The second kappa shape index (κ2) is 9.15. The highest BCUT2D eigenvalue weighted by molar-refractivity contribution is 5.67. The molecule has 0 spiro atoms. The summed E-state index contributed by atoms with van der Waals surface area (Å²) in [6, 6.07) is 3.45. The Bertz CT molecular complexity index is 623. The first-order valence-electron chi connectivity index (χ1n) is 10.7. The zero-order valence-corrected chi connectivity index (χ0v) is 16.5. The van der Waals surface area contributed by atoms with Crippen molar-refractivity contribution in [2.45, 2.75) is 84.5 Å². The van der Waals surface area contributed by atoms with Crippen LogP contribution in [0.15, 0.2) is 18.2 Å². The molecule has 0 nitrogen and oxygen atoms in total. The number of allylic oxidation sites excluding steroid dienone is 2. The first kappa shape index (κ1) is 19.6. The maximum absolute atomic E-state index is 14.3. The van der Waals surface area contributed by atoms with E-state index in [4.69, 9.17) is 0 Å². The van der Waals surface area contributed by atoms with E-state index in [1.165, 1.54) is 51.4 Å². The standard InChI is InChI=1S/C24H34F2/c1-3-4-5-6-18-8-10-19(11-9-18)20-12-14-21(15-13-20)22-16-7-17(2)23(25)24(22)26/h7,14,16,18-20H,3-6,8-13,15H2,1-2H3. The number of hydrogen-bond donors (Lipinski definition) is 0. The molecule has 2 aliphatic rings. The Morgan fingerprint density at radius 2 is 1.69 bits per heavy atom. The fourth-order valence-corrected chi connectivity index (χ4v) is 5.05. The molecule has 0 N–H and O–H groups in total. The minimum Gasteiger partial charge on any atom is -0.203 e. The number of aryl methyl sites for hydroxylation is 1. The van der Waals surface area contributed by atoms with Crippen molar-refractivity contribution in [2.75, 3.05) is 0 Å². The molecule has 0 heterocycles. The minimum absolute atomic E-state index is 0.385. The zero-order valence-electron chi connectivity index (χ0n) is 16.5. The molecule has 0 aliphatic heterocycles. The van der Waals surface area contributed by atoms with Crippen LogP contribution in [-0.2, 0) is 0 Å². The highest BCUT2D eigenvalue weighted by Gasteiger charge is 2.29. The number of hydrogen-bond acceptors (Lipinski definition) is 0. The van der Waals surface area contributed by atoms with Gasteiger partial charge in [-0.3, -0.25) is 0 Å². The van der Waals surface area contributed by atoms with Crippen LogP contribution >= 0.6 is 0 Å². The lowest BCUT2D eigenvalue weighted by Gasteiger charge is -2.35. The van der Waals surface area contributed by atoms with Crippen molar-refractivity contribution in [3.8, 4) is 0 Å². The van der Waals surface area contributed by atoms with Crippen LogP contribution in [0.1, 0.15) is 88.7 Å². The van der Waals surface area contributed by atoms with Gasteiger partial charge >= 0.3 is 0 Å². The fourth-order valence-electron chi connectivity index (χ4n) is 5.05. The molecule has 1 saturated carbocycles. The summed E-state index contributed by atoms with van der Waals surface area (Å²) in [6.07, 6.45) is 16.3. The highest BCUT2D eigenvalue weighted by atomic mass is 19.2. The number of benzene rings is 1. The summed E-state index contributed by atoms with van der Waals surface area (Å²) in [4.78, 5) is 0. The van der Waals surface area contributed by atoms with Gasteiger partial charge in [0.1, 0.15) is 0 Å². The van der Waals surface area contributed by atoms with Crippen molar-refractivity contribution in [2.24, 2.45) is 17.8 Å². The van der Waals surface area contributed by atoms with Crippen LogP contribution in [0.2, 0.25) is 0 Å². The molecule has 0 bridgehead atoms. The van der Waals surface area contributed by atoms with Crippen molar-refractivity contribution in [3.05, 3.63) is 41.0 Å². The summed E-state index contributed by atoms with van der Waals surface area (Å²) in [5.74, 6) is 1.19. The first-order valence-corrected chi connectivity index (χ1v) is 10.7. The normalized spacial score (nSPS) is 26.6. The van der Waals surface area contributed by atoms with E-state index >= 15 is 0 Å². The van der Waals surface area contributed by atoms with Gasteiger partial charge in [0.05, 0.1) is 0 Å². The molecular formula is C24H34F2. The molecular weight excluding hydrogens is 326 g/mol. The SMILES string of the molecule is CCCCCC1CCC(C2CC=C(c3ccc(C)c(F)c3F)CC2)CC1. The summed E-state index contributed by atoms with van der Waals surface area (Å²) < 4.78 is 28.1. The average Bonchev–Trinajstić information content (AvgIpc) is 2.67. The van der Waals surface area contributed by atoms with Crippen molar-refractivity contribution < 1.29 is 8.78 Å². The third-order valence-electron chi connectivity index (χ3n) is 6.85. The van der Waals surface area contributed by atoms with E-state index in [2.05, 4.69) is 13.0 Å². The van der Waals surface area contributed by atoms with Crippen LogP contribution < -0.4 is 0 Å². The van der Waals surface area contributed by atoms with Crippen molar-refractivity contribution >= 4 is 5.57 Å². The molecule has 0 saturated heterocycles. The van der Waals surface area contributed by atoms with E-state index in [9.17, 15) is 8.78 Å². The third-order valence-corrected chi connectivity index (χ3v) is 6.85. The lowest BCUT2D eigenvalue weighted by molar-refractivity contribution is 0.187. The number of rotatable bonds is 6. The first-order chi connectivity index (χ1) is 12.6. The van der Waals surface area contributed by atoms with Gasteiger partial charge in [0.15, 0.2) is 11.6 Å². The molecule has 2 heteroatoms. The molecule has 1 atom stereocenters. The van der Waals surface area contributed by atoms with E-state index in [1.54, 1.807) is 19.1 Å². The van der Waals surface area contributed by atoms with Gasteiger partial charge in [-0.1, -0.05) is 63.7 Å². The van der Waals surface area contributed by atoms with Crippen LogP contribution in [0.5, 0.6) is 0 Å². The molecule has 1 aromatic carbocycles. The molecule has 1 aromatic rings. The predicted molar refractivity (Wildman–Crippen MR) is 106 cm³/mol. The topological polar surface area (TPSA) is 0 Å². The van der Waals surface area contributed by atoms with Gasteiger partial charge in [-0.15, -0.1) is 0 Å². The van der Waals surface area contributed by atoms with E-state index in [0.717, 1.165) is 42.6 Å². The zero-order chi connectivity index (χ0) is 18.5. The van der Waals surface area contributed by atoms with Crippen LogP contribution in [0.25, 0.3) is 5.57 Å². The van der Waals surface area contributed by atoms with Gasteiger partial charge in [0.25, 0.3) is 0 Å². The van der Waals surface area contributed by atoms with Gasteiger partial charge in [-0.25, -0.2) is 8.78 Å². The van der Waals surface area contributed by atoms with Crippen LogP contribution in [0, 0.1) is 36.3 Å². The summed E-state index contributed by atoms with van der Waals surface area (Å²) in [5, 5.41) is 0. The minimum atomic E-state index is -0.688. The summed E-state index contributed by atoms with van der Waals surface area (Å²) in [5.41, 5.74) is 1.87. The predicted octanol–water partition coefficient (Wildman–Crippen LogP) is 7.84. The second-order valence-electron chi connectivity index (χ2n) is 8.60. The van der Waals surface area contributed by atoms with E-state index in [1.807, 2.05) is 0 Å². The maximum atomic E-state index is 14.3. The van der Waals surface area contributed by atoms with Crippen LogP contribution in [-0.4, -0.2) is 0 Å². The monoisotopic (exact) mass is 360 g/mol. The second-order valence-corrected chi connectivity index (χ2v) is 8.60. The largest absolute Gasteiger partial charge is 0.203 e. The molecule has 144 valence electrons. The third kappa shape index (κ3) is 4.56. The molecule has 26 heavy (non-hydrogen) atoms. The quantitative estimate of drug-likeness (QED) is 0.453. The lowest BCUT2D eigenvalue weighted by atomic mass is 9.70. The van der Waals surface area contributed by atoms with Gasteiger partial charge in [-0.2, -0.15) is 0 Å². The Kier molecular flexibility index (Phi) is 6.89. The van der Waals surface area contributed by atoms with Gasteiger partial charge < -0.3 is 0 Å². The highest BCUT2D eigenvalue weighted by Crippen LogP contribution is 2.42. The molecule has 0 aromatic heterocycles. The summed E-state index contributed by atoms with van der Waals surface area (Å²) in [6.45, 7) is 3.89. The summed E-state index contributed by atoms with van der Waals surface area (Å²) >= 11 is 0. The Hall–Kier alpha value is -1.18. The van der Waals surface area contributed by atoms with Crippen LogP contribution in [0.4, 0.5) is 8.78 Å². The van der Waals surface area contributed by atoms with E-state index in [0.29, 0.717) is 11.1 Å². The van der Waals surface area contributed by atoms with Crippen molar-refractivity contribution in [1.82, 2.24) is 0 Å². The van der Waals surface area contributed by atoms with Gasteiger partial charge in [0.2, 0.25) is 0 Å². The van der Waals surface area contributed by atoms with Gasteiger partial charge in [0, 0.05) is 5.56 Å². The van der Waals surface area contributed by atoms with E-state index < -0.39 is 11.6 Å². The number of unbranched alkanes of at least 4 members (excludes halogenated alkanes) is 2. The molecule has 3 rings (SSSR count). The Morgan fingerprint density at radius 3 is 2.35 bits per heavy atom. The Morgan fingerprint density at radius 1 is 0.923 bits per heavy atom. The lowest BCUT2D eigenvalue weighted by Crippen LogP contribution is -2.23. The fraction of sp³-hybridized carbons (Fsp3) is 0.667. The Balaban J connectivity index is 1.53. The molecule has 1 fully saturated rings. The van der Waals surface area contributed by atoms with Crippen molar-refractivity contribution in [3.63, 3.8) is 0 Å². The molecule has 2 aliphatic carbocycles. The van der Waals surface area contributed by atoms with E-state index in [-0.39, 0.29) is 0 Å². The average molecular weight is 361 g/mol. The van der Waals surface area contributed by atoms with Crippen molar-refractivity contribution in [1.29, 1.82) is 0 Å². The Labute approximate surface area is 158 Å². The van der Waals surface area contributed by atoms with Gasteiger partial charge in [-0.05, 0) is 67.9 Å². The number of halogens is 2. The molecule has 0 radical (unpaired) electrons.